The van der Waals surface area contributed by atoms with E-state index in [2.05, 4.69) is 4.85 Å². The highest BCUT2D eigenvalue weighted by molar-refractivity contribution is 5.71. The number of nitrogen functional groups attached to an aromatic ring is 1. The lowest BCUT2D eigenvalue weighted by atomic mass is 10.0. The van der Waals surface area contributed by atoms with E-state index in [0.717, 1.165) is 11.6 Å². The zero-order chi connectivity index (χ0) is 21.1. The molecule has 150 valence electrons. The van der Waals surface area contributed by atoms with Crippen molar-refractivity contribution in [2.45, 2.75) is 25.1 Å². The molecule has 4 nitrogen and oxygen atoms in total. The number of para-hydroxylation sites is 1. The number of rotatable bonds is 6. The topological polar surface area (TPSA) is 42.8 Å². The molecule has 0 aliphatic carbocycles. The molecule has 9 heteroatoms. The number of alkyl halides is 5. The number of hydrogen-bond acceptors (Lipinski definition) is 3. The number of halogens is 5. The summed E-state index contributed by atoms with van der Waals surface area (Å²) in [5.74, 6) is -4.74. The summed E-state index contributed by atoms with van der Waals surface area (Å²) in [6, 6.07) is 9.30. The van der Waals surface area contributed by atoms with Crippen LogP contribution < -0.4 is 10.5 Å². The Bertz CT molecular complexity index is 888. The molecule has 0 fully saturated rings. The second kappa shape index (κ2) is 8.02. The fraction of sp³-hybridized carbons (Fsp3) is 0.316. The summed E-state index contributed by atoms with van der Waals surface area (Å²) in [7, 11) is 3.68. The Morgan fingerprint density at radius 1 is 1.04 bits per heavy atom. The summed E-state index contributed by atoms with van der Waals surface area (Å²) in [6.07, 6.45) is -7.50. The molecule has 0 radical (unpaired) electrons. The van der Waals surface area contributed by atoms with Crippen LogP contribution in [0.1, 0.15) is 11.1 Å². The first-order chi connectivity index (χ1) is 13.0. The Morgan fingerprint density at radius 3 is 2.25 bits per heavy atom. The van der Waals surface area contributed by atoms with Gasteiger partial charge in [-0.2, -0.15) is 22.0 Å². The normalized spacial score (nSPS) is 12.1. The lowest BCUT2D eigenvalue weighted by Crippen LogP contribution is -2.38. The first-order valence-electron chi connectivity index (χ1n) is 8.10. The first-order valence-corrected chi connectivity index (χ1v) is 8.10. The number of ether oxygens (including phenoxy) is 1. The van der Waals surface area contributed by atoms with E-state index >= 15 is 0 Å². The van der Waals surface area contributed by atoms with Crippen molar-refractivity contribution in [2.75, 3.05) is 19.8 Å². The van der Waals surface area contributed by atoms with Gasteiger partial charge in [0.25, 0.3) is 0 Å². The minimum absolute atomic E-state index is 0.0911. The zero-order valence-electron chi connectivity index (χ0n) is 15.1. The molecule has 2 rings (SSSR count). The quantitative estimate of drug-likeness (QED) is 0.401. The van der Waals surface area contributed by atoms with Gasteiger partial charge in [-0.1, -0.05) is 24.3 Å². The highest BCUT2D eigenvalue weighted by Crippen LogP contribution is 2.44. The molecule has 0 unspecified atom stereocenters. The van der Waals surface area contributed by atoms with Gasteiger partial charge in [0.1, 0.15) is 11.5 Å². The lowest BCUT2D eigenvalue weighted by Gasteiger charge is -2.22. The zero-order valence-corrected chi connectivity index (χ0v) is 15.1. The number of hydrogen-bond donors (Lipinski definition) is 1. The van der Waals surface area contributed by atoms with Gasteiger partial charge < -0.3 is 15.4 Å². The maximum absolute atomic E-state index is 13.5. The van der Waals surface area contributed by atoms with Gasteiger partial charge in [0.05, 0.1) is 12.3 Å². The molecule has 0 aromatic heterocycles. The number of nitrogens with two attached hydrogens (primary N) is 1. The molecule has 2 N–H and O–H groups in total. The van der Waals surface area contributed by atoms with Crippen LogP contribution >= 0.6 is 0 Å². The summed E-state index contributed by atoms with van der Waals surface area (Å²) in [5.41, 5.74) is 5.20. The van der Waals surface area contributed by atoms with Crippen molar-refractivity contribution < 1.29 is 26.7 Å². The van der Waals surface area contributed by atoms with E-state index in [0.29, 0.717) is 12.3 Å². The van der Waals surface area contributed by atoms with E-state index < -0.39 is 29.8 Å². The molecule has 0 heterocycles. The van der Waals surface area contributed by atoms with E-state index in [9.17, 15) is 22.0 Å². The van der Waals surface area contributed by atoms with Gasteiger partial charge in [0.15, 0.2) is 5.69 Å². The highest BCUT2D eigenvalue weighted by Gasteiger charge is 2.57. The summed E-state index contributed by atoms with van der Waals surface area (Å²) in [4.78, 5) is 4.89. The molecule has 28 heavy (non-hydrogen) atoms. The average molecular weight is 399 g/mol. The third-order valence-electron chi connectivity index (χ3n) is 3.91. The molecule has 0 atom stereocenters. The van der Waals surface area contributed by atoms with E-state index in [1.165, 1.54) is 6.07 Å². The predicted molar refractivity (Wildman–Crippen MR) is 95.7 cm³/mol. The molecule has 0 aliphatic rings. The van der Waals surface area contributed by atoms with E-state index in [1.54, 1.807) is 24.3 Å². The van der Waals surface area contributed by atoms with Crippen LogP contribution in [0.3, 0.4) is 0 Å². The van der Waals surface area contributed by atoms with Crippen LogP contribution in [0.2, 0.25) is 0 Å². The molecular weight excluding hydrogens is 381 g/mol. The van der Waals surface area contributed by atoms with E-state index in [4.69, 9.17) is 17.0 Å². The van der Waals surface area contributed by atoms with Crippen molar-refractivity contribution in [3.63, 3.8) is 0 Å². The molecule has 0 saturated heterocycles. The average Bonchev–Trinajstić information content (AvgIpc) is 2.58. The molecule has 0 aliphatic heterocycles. The van der Waals surface area contributed by atoms with Crippen LogP contribution in [-0.2, 0) is 13.0 Å². The molecule has 2 aromatic carbocycles. The van der Waals surface area contributed by atoms with Crippen LogP contribution in [0.4, 0.5) is 33.3 Å². The Kier molecular flexibility index (Phi) is 6.14. The standard InChI is InChI=1S/C19H18F5N3O/c1-26-14-8-9-16(17(25)13(14)10-18(20,21)19(22,23)24)28-15-7-5-4-6-12(15)11-27(2)3/h4-9H,10-11,25H2,2-3H3. The fourth-order valence-electron chi connectivity index (χ4n) is 2.53. The highest BCUT2D eigenvalue weighted by atomic mass is 19.4. The monoisotopic (exact) mass is 399 g/mol. The van der Waals surface area contributed by atoms with E-state index in [1.807, 2.05) is 19.0 Å². The second-order valence-corrected chi connectivity index (χ2v) is 6.41. The molecule has 0 bridgehead atoms. The smallest absolute Gasteiger partial charge is 0.453 e. The number of nitrogens with zero attached hydrogens (tertiary/aromatic N) is 2. The number of anilines is 1. The third kappa shape index (κ3) is 4.70. The maximum Gasteiger partial charge on any atom is 0.453 e. The van der Waals surface area contributed by atoms with Gasteiger partial charge in [-0.05, 0) is 31.8 Å². The molecular formula is C19H18F5N3O. The van der Waals surface area contributed by atoms with Crippen LogP contribution in [0.15, 0.2) is 36.4 Å². The van der Waals surface area contributed by atoms with Gasteiger partial charge in [-0.3, -0.25) is 0 Å². The lowest BCUT2D eigenvalue weighted by molar-refractivity contribution is -0.281. The molecule has 2 aromatic rings. The van der Waals surface area contributed by atoms with Crippen molar-refractivity contribution in [2.24, 2.45) is 0 Å². The summed E-state index contributed by atoms with van der Waals surface area (Å²) < 4.78 is 70.6. The van der Waals surface area contributed by atoms with Gasteiger partial charge in [0, 0.05) is 18.5 Å². The molecule has 0 amide bonds. The van der Waals surface area contributed by atoms with Crippen LogP contribution in [0.25, 0.3) is 4.85 Å². The van der Waals surface area contributed by atoms with Crippen molar-refractivity contribution >= 4 is 11.4 Å². The van der Waals surface area contributed by atoms with Crippen LogP contribution in [0.5, 0.6) is 11.5 Å². The Balaban J connectivity index is 2.46. The summed E-state index contributed by atoms with van der Waals surface area (Å²) >= 11 is 0. The Morgan fingerprint density at radius 2 is 1.68 bits per heavy atom. The third-order valence-corrected chi connectivity index (χ3v) is 3.91. The maximum atomic E-state index is 13.5. The van der Waals surface area contributed by atoms with Gasteiger partial charge in [-0.15, -0.1) is 0 Å². The van der Waals surface area contributed by atoms with Crippen molar-refractivity contribution in [1.82, 2.24) is 4.90 Å². The van der Waals surface area contributed by atoms with Crippen LogP contribution in [0, 0.1) is 6.57 Å². The van der Waals surface area contributed by atoms with Gasteiger partial charge >= 0.3 is 12.1 Å². The minimum atomic E-state index is -5.76. The minimum Gasteiger partial charge on any atom is -0.455 e. The first kappa shape index (κ1) is 21.4. The van der Waals surface area contributed by atoms with Crippen molar-refractivity contribution in [3.05, 3.63) is 58.9 Å². The molecule has 0 spiro atoms. The largest absolute Gasteiger partial charge is 0.455 e. The predicted octanol–water partition coefficient (Wildman–Crippen LogP) is 5.41. The van der Waals surface area contributed by atoms with Crippen LogP contribution in [-0.4, -0.2) is 31.1 Å². The van der Waals surface area contributed by atoms with Crippen molar-refractivity contribution in [3.8, 4) is 11.5 Å². The van der Waals surface area contributed by atoms with E-state index in [-0.39, 0.29) is 11.4 Å². The fourth-order valence-corrected chi connectivity index (χ4v) is 2.53. The number of benzene rings is 2. The Hall–Kier alpha value is -2.86. The van der Waals surface area contributed by atoms with Gasteiger partial charge in [-0.25, -0.2) is 4.85 Å². The van der Waals surface area contributed by atoms with Gasteiger partial charge in [0.2, 0.25) is 0 Å². The summed E-state index contributed by atoms with van der Waals surface area (Å²) in [5, 5.41) is 0. The summed E-state index contributed by atoms with van der Waals surface area (Å²) in [6.45, 7) is 7.55. The SMILES string of the molecule is [C-]#[N+]c1ccc(Oc2ccccc2CN(C)C)c(N)c1CC(F)(F)C(F)(F)F. The molecule has 0 saturated carbocycles. The van der Waals surface area contributed by atoms with Crippen molar-refractivity contribution in [1.29, 1.82) is 0 Å². The second-order valence-electron chi connectivity index (χ2n) is 6.41. The Labute approximate surface area is 159 Å².